The highest BCUT2D eigenvalue weighted by Crippen LogP contribution is 2.31. The Hall–Kier alpha value is -3.04. The minimum absolute atomic E-state index is 0.188. The minimum Gasteiger partial charge on any atom is -0.493 e. The van der Waals surface area contributed by atoms with Crippen molar-refractivity contribution >= 4 is 26.9 Å². The van der Waals surface area contributed by atoms with Crippen LogP contribution < -0.4 is 14.8 Å². The van der Waals surface area contributed by atoms with Gasteiger partial charge >= 0.3 is 0 Å². The number of benzene rings is 2. The van der Waals surface area contributed by atoms with E-state index in [4.69, 9.17) is 13.9 Å². The number of ether oxygens (including phenoxy) is 2. The Morgan fingerprint density at radius 1 is 1.14 bits per heavy atom. The molecule has 1 N–H and O–H groups in total. The number of nitrogens with zero attached hydrogens (tertiary/aromatic N) is 1. The van der Waals surface area contributed by atoms with Gasteiger partial charge in [-0.05, 0) is 68.0 Å². The molecule has 4 rings (SSSR count). The van der Waals surface area contributed by atoms with Crippen LogP contribution in [0.25, 0.3) is 11.0 Å². The van der Waals surface area contributed by atoms with Gasteiger partial charge in [0.2, 0.25) is 10.0 Å². The SMILES string of the molecule is COc1ccc(CCNC(=O)c2oc3ccc(S(=O)(=O)N4CCC[C@@H](C)C4)cc3c2C)cc1OC. The molecule has 0 radical (unpaired) electrons. The van der Waals surface area contributed by atoms with E-state index < -0.39 is 10.0 Å². The molecule has 0 spiro atoms. The van der Waals surface area contributed by atoms with E-state index >= 15 is 0 Å². The third-order valence-corrected chi connectivity index (χ3v) is 8.38. The predicted molar refractivity (Wildman–Crippen MR) is 134 cm³/mol. The Morgan fingerprint density at radius 2 is 1.91 bits per heavy atom. The molecule has 0 saturated carbocycles. The van der Waals surface area contributed by atoms with Crippen molar-refractivity contribution in [2.75, 3.05) is 33.9 Å². The van der Waals surface area contributed by atoms with Crippen LogP contribution in [-0.4, -0.2) is 52.5 Å². The monoisotopic (exact) mass is 500 g/mol. The van der Waals surface area contributed by atoms with Crippen molar-refractivity contribution in [3.63, 3.8) is 0 Å². The lowest BCUT2D eigenvalue weighted by Crippen LogP contribution is -2.39. The zero-order valence-electron chi connectivity index (χ0n) is 20.6. The molecule has 35 heavy (non-hydrogen) atoms. The molecule has 1 aromatic heterocycles. The second-order valence-electron chi connectivity index (χ2n) is 9.02. The Balaban J connectivity index is 1.48. The molecular formula is C26H32N2O6S. The largest absolute Gasteiger partial charge is 0.493 e. The summed E-state index contributed by atoms with van der Waals surface area (Å²) in [5.41, 5.74) is 2.09. The number of hydrogen-bond donors (Lipinski definition) is 1. The standard InChI is InChI=1S/C26H32N2O6S/c1-17-6-5-13-28(16-17)35(30,31)20-8-10-22-21(15-20)18(2)25(34-22)26(29)27-12-11-19-7-9-23(32-3)24(14-19)33-4/h7-10,14-15,17H,5-6,11-13,16H2,1-4H3,(H,27,29)/t17-/m1/s1. The number of amides is 1. The Morgan fingerprint density at radius 3 is 2.63 bits per heavy atom. The molecule has 1 fully saturated rings. The lowest BCUT2D eigenvalue weighted by Gasteiger charge is -2.30. The summed E-state index contributed by atoms with van der Waals surface area (Å²) < 4.78 is 44.3. The van der Waals surface area contributed by atoms with Crippen LogP contribution in [0, 0.1) is 12.8 Å². The summed E-state index contributed by atoms with van der Waals surface area (Å²) in [6.07, 6.45) is 2.50. The van der Waals surface area contributed by atoms with Gasteiger partial charge in [-0.1, -0.05) is 13.0 Å². The zero-order valence-corrected chi connectivity index (χ0v) is 21.4. The van der Waals surface area contributed by atoms with Gasteiger partial charge in [-0.15, -0.1) is 0 Å². The second-order valence-corrected chi connectivity index (χ2v) is 11.0. The normalized spacial score (nSPS) is 16.9. The number of rotatable bonds is 8. The van der Waals surface area contributed by atoms with Crippen LogP contribution in [0.2, 0.25) is 0 Å². The van der Waals surface area contributed by atoms with Gasteiger partial charge in [0.1, 0.15) is 5.58 Å². The topological polar surface area (TPSA) is 98.1 Å². The number of methoxy groups -OCH3 is 2. The van der Waals surface area contributed by atoms with Crippen LogP contribution in [0.5, 0.6) is 11.5 Å². The average molecular weight is 501 g/mol. The van der Waals surface area contributed by atoms with Crippen molar-refractivity contribution in [1.29, 1.82) is 0 Å². The molecule has 1 amide bonds. The summed E-state index contributed by atoms with van der Waals surface area (Å²) in [5, 5.41) is 3.51. The zero-order chi connectivity index (χ0) is 25.2. The molecule has 0 unspecified atom stereocenters. The van der Waals surface area contributed by atoms with Crippen molar-refractivity contribution < 1.29 is 27.1 Å². The Labute approximate surface area is 206 Å². The van der Waals surface area contributed by atoms with E-state index in [1.165, 1.54) is 0 Å². The summed E-state index contributed by atoms with van der Waals surface area (Å²) in [7, 11) is -0.434. The molecule has 0 bridgehead atoms. The van der Waals surface area contributed by atoms with Gasteiger partial charge in [0.15, 0.2) is 17.3 Å². The highest BCUT2D eigenvalue weighted by atomic mass is 32.2. The first-order valence-electron chi connectivity index (χ1n) is 11.8. The van der Waals surface area contributed by atoms with E-state index in [1.807, 2.05) is 18.2 Å². The lowest BCUT2D eigenvalue weighted by atomic mass is 10.0. The second kappa shape index (κ2) is 10.3. The first-order valence-corrected chi connectivity index (χ1v) is 13.2. The highest BCUT2D eigenvalue weighted by Gasteiger charge is 2.29. The van der Waals surface area contributed by atoms with Gasteiger partial charge in [0.05, 0.1) is 19.1 Å². The van der Waals surface area contributed by atoms with Gasteiger partial charge in [0, 0.05) is 30.6 Å². The van der Waals surface area contributed by atoms with Crippen molar-refractivity contribution in [3.05, 3.63) is 53.3 Å². The Bertz CT molecular complexity index is 1330. The predicted octanol–water partition coefficient (Wildman–Crippen LogP) is 4.15. The fourth-order valence-corrected chi connectivity index (χ4v) is 6.15. The number of nitrogens with one attached hydrogen (secondary N) is 1. The van der Waals surface area contributed by atoms with Crippen LogP contribution >= 0.6 is 0 Å². The molecule has 1 saturated heterocycles. The number of piperidine rings is 1. The van der Waals surface area contributed by atoms with Crippen LogP contribution in [0.15, 0.2) is 45.7 Å². The number of carbonyl (C=O) groups is 1. The molecule has 3 aromatic rings. The quantitative estimate of drug-likeness (QED) is 0.499. The van der Waals surface area contributed by atoms with E-state index in [1.54, 1.807) is 43.6 Å². The van der Waals surface area contributed by atoms with Gasteiger partial charge in [-0.3, -0.25) is 4.79 Å². The minimum atomic E-state index is -3.60. The maximum atomic E-state index is 13.2. The molecule has 9 heteroatoms. The molecule has 2 aromatic carbocycles. The number of sulfonamides is 1. The fraction of sp³-hybridized carbons (Fsp3) is 0.423. The summed E-state index contributed by atoms with van der Waals surface area (Å²) in [4.78, 5) is 13.1. The third kappa shape index (κ3) is 5.16. The number of aryl methyl sites for hydroxylation is 1. The highest BCUT2D eigenvalue weighted by molar-refractivity contribution is 7.89. The third-order valence-electron chi connectivity index (χ3n) is 6.52. The van der Waals surface area contributed by atoms with Crippen LogP contribution in [0.4, 0.5) is 0 Å². The fourth-order valence-electron chi connectivity index (χ4n) is 4.53. The van der Waals surface area contributed by atoms with Crippen molar-refractivity contribution in [2.24, 2.45) is 5.92 Å². The van der Waals surface area contributed by atoms with E-state index in [2.05, 4.69) is 12.2 Å². The molecule has 1 atom stereocenters. The summed E-state index contributed by atoms with van der Waals surface area (Å²) >= 11 is 0. The van der Waals surface area contributed by atoms with Gasteiger partial charge < -0.3 is 19.2 Å². The number of carbonyl (C=O) groups excluding carboxylic acids is 1. The summed E-state index contributed by atoms with van der Waals surface area (Å²) in [6, 6.07) is 10.4. The number of hydrogen-bond acceptors (Lipinski definition) is 6. The number of furan rings is 1. The van der Waals surface area contributed by atoms with Gasteiger partial charge in [-0.2, -0.15) is 4.31 Å². The smallest absolute Gasteiger partial charge is 0.287 e. The molecule has 8 nitrogen and oxygen atoms in total. The maximum Gasteiger partial charge on any atom is 0.287 e. The van der Waals surface area contributed by atoms with Gasteiger partial charge in [-0.25, -0.2) is 8.42 Å². The van der Waals surface area contributed by atoms with Crippen molar-refractivity contribution in [2.45, 2.75) is 38.0 Å². The van der Waals surface area contributed by atoms with E-state index in [-0.39, 0.29) is 16.6 Å². The molecule has 0 aliphatic carbocycles. The molecule has 2 heterocycles. The molecule has 1 aliphatic heterocycles. The van der Waals surface area contributed by atoms with Crippen molar-refractivity contribution in [1.82, 2.24) is 9.62 Å². The molecule has 1 aliphatic rings. The van der Waals surface area contributed by atoms with E-state index in [9.17, 15) is 13.2 Å². The van der Waals surface area contributed by atoms with Crippen LogP contribution in [0.3, 0.4) is 0 Å². The summed E-state index contributed by atoms with van der Waals surface area (Å²) in [6.45, 7) is 5.30. The number of fused-ring (bicyclic) bond motifs is 1. The summed E-state index contributed by atoms with van der Waals surface area (Å²) in [5.74, 6) is 1.47. The maximum absolute atomic E-state index is 13.2. The van der Waals surface area contributed by atoms with Crippen LogP contribution in [0.1, 0.15) is 41.4 Å². The lowest BCUT2D eigenvalue weighted by molar-refractivity contribution is 0.0927. The Kier molecular flexibility index (Phi) is 7.37. The molecule has 188 valence electrons. The molecular weight excluding hydrogens is 468 g/mol. The van der Waals surface area contributed by atoms with E-state index in [0.717, 1.165) is 18.4 Å². The van der Waals surface area contributed by atoms with E-state index in [0.29, 0.717) is 60.0 Å². The average Bonchev–Trinajstić information content (AvgIpc) is 3.19. The van der Waals surface area contributed by atoms with Crippen molar-refractivity contribution in [3.8, 4) is 11.5 Å². The van der Waals surface area contributed by atoms with Crippen LogP contribution in [-0.2, 0) is 16.4 Å². The first kappa shape index (κ1) is 25.1. The van der Waals surface area contributed by atoms with Gasteiger partial charge in [0.25, 0.3) is 5.91 Å². The first-order chi connectivity index (χ1) is 16.7.